The Bertz CT molecular complexity index is 1040. The van der Waals surface area contributed by atoms with Crippen molar-refractivity contribution in [2.24, 2.45) is 0 Å². The largest absolute Gasteiger partial charge is 0.345 e. The molecule has 1 unspecified atom stereocenters. The summed E-state index contributed by atoms with van der Waals surface area (Å²) < 4.78 is 26.1. The molecule has 2 amide bonds. The molecule has 0 aliphatic carbocycles. The maximum Gasteiger partial charge on any atom is 0.255 e. The van der Waals surface area contributed by atoms with Gasteiger partial charge in [0, 0.05) is 11.3 Å². The number of rotatable bonds is 5. The highest BCUT2D eigenvalue weighted by Gasteiger charge is 2.15. The second-order valence-corrected chi connectivity index (χ2v) is 6.81. The Morgan fingerprint density at radius 1 is 0.862 bits per heavy atom. The lowest BCUT2D eigenvalue weighted by molar-refractivity contribution is 0.0939. The molecule has 29 heavy (non-hydrogen) atoms. The monoisotopic (exact) mass is 414 g/mol. The van der Waals surface area contributed by atoms with Gasteiger partial charge in [-0.15, -0.1) is 0 Å². The zero-order chi connectivity index (χ0) is 21.0. The first-order valence-electron chi connectivity index (χ1n) is 8.76. The Morgan fingerprint density at radius 3 is 2.10 bits per heavy atom. The molecule has 0 saturated heterocycles. The number of benzene rings is 3. The van der Waals surface area contributed by atoms with Crippen LogP contribution >= 0.6 is 11.6 Å². The summed E-state index contributed by atoms with van der Waals surface area (Å²) in [5.74, 6) is -1.71. The van der Waals surface area contributed by atoms with Crippen molar-refractivity contribution in [1.29, 1.82) is 0 Å². The third-order valence-electron chi connectivity index (χ3n) is 4.30. The van der Waals surface area contributed by atoms with Gasteiger partial charge in [0.1, 0.15) is 11.6 Å². The summed E-state index contributed by atoms with van der Waals surface area (Å²) in [5, 5.41) is 5.55. The molecular formula is C22H17ClF2N2O2. The predicted octanol–water partition coefficient (Wildman–Crippen LogP) is 5.36. The van der Waals surface area contributed by atoms with Crippen LogP contribution in [0, 0.1) is 11.6 Å². The fourth-order valence-electron chi connectivity index (χ4n) is 2.69. The molecule has 0 radical (unpaired) electrons. The van der Waals surface area contributed by atoms with E-state index in [9.17, 15) is 18.4 Å². The SMILES string of the molecule is CC(NC(=O)c1ccc(F)cc1Cl)c1ccc(NC(=O)c2ccc(F)cc2)cc1. The lowest BCUT2D eigenvalue weighted by Gasteiger charge is -2.16. The summed E-state index contributed by atoms with van der Waals surface area (Å²) in [5.41, 5.74) is 1.88. The molecule has 2 N–H and O–H groups in total. The van der Waals surface area contributed by atoms with Gasteiger partial charge in [-0.05, 0) is 67.1 Å². The maximum atomic E-state index is 13.1. The molecule has 4 nitrogen and oxygen atoms in total. The minimum absolute atomic E-state index is 0.0357. The number of nitrogens with one attached hydrogen (secondary N) is 2. The van der Waals surface area contributed by atoms with Crippen molar-refractivity contribution >= 4 is 29.1 Å². The molecule has 0 bridgehead atoms. The Labute approximate surface area is 171 Å². The van der Waals surface area contributed by atoms with E-state index in [-0.39, 0.29) is 22.5 Å². The summed E-state index contributed by atoms with van der Waals surface area (Å²) in [6, 6.07) is 15.4. The molecule has 0 fully saturated rings. The van der Waals surface area contributed by atoms with Gasteiger partial charge in [0.15, 0.2) is 0 Å². The highest BCUT2D eigenvalue weighted by molar-refractivity contribution is 6.33. The van der Waals surface area contributed by atoms with E-state index in [2.05, 4.69) is 10.6 Å². The third kappa shape index (κ3) is 5.18. The van der Waals surface area contributed by atoms with Crippen LogP contribution in [0.25, 0.3) is 0 Å². The number of hydrogen-bond donors (Lipinski definition) is 2. The van der Waals surface area contributed by atoms with Crippen molar-refractivity contribution < 1.29 is 18.4 Å². The first-order chi connectivity index (χ1) is 13.8. The van der Waals surface area contributed by atoms with Crippen LogP contribution in [0.4, 0.5) is 14.5 Å². The highest BCUT2D eigenvalue weighted by Crippen LogP contribution is 2.20. The van der Waals surface area contributed by atoms with Gasteiger partial charge in [-0.1, -0.05) is 23.7 Å². The van der Waals surface area contributed by atoms with Gasteiger partial charge in [-0.25, -0.2) is 8.78 Å². The molecule has 0 saturated carbocycles. The molecule has 0 aliphatic rings. The second-order valence-electron chi connectivity index (χ2n) is 6.40. The molecule has 0 spiro atoms. The van der Waals surface area contributed by atoms with E-state index in [4.69, 9.17) is 11.6 Å². The van der Waals surface area contributed by atoms with Crippen molar-refractivity contribution in [3.8, 4) is 0 Å². The number of hydrogen-bond acceptors (Lipinski definition) is 2. The summed E-state index contributed by atoms with van der Waals surface area (Å²) in [6.07, 6.45) is 0. The molecule has 3 rings (SSSR count). The number of carbonyl (C=O) groups is 2. The number of halogens is 3. The Hall–Kier alpha value is -3.25. The van der Waals surface area contributed by atoms with E-state index >= 15 is 0 Å². The molecule has 3 aromatic carbocycles. The van der Waals surface area contributed by atoms with E-state index in [0.29, 0.717) is 11.3 Å². The van der Waals surface area contributed by atoms with E-state index in [1.54, 1.807) is 31.2 Å². The third-order valence-corrected chi connectivity index (χ3v) is 4.61. The fraction of sp³-hybridized carbons (Fsp3) is 0.0909. The Kier molecular flexibility index (Phi) is 6.24. The van der Waals surface area contributed by atoms with E-state index in [0.717, 1.165) is 11.6 Å². The molecule has 0 aromatic heterocycles. The van der Waals surface area contributed by atoms with Gasteiger partial charge in [0.05, 0.1) is 16.6 Å². The average molecular weight is 415 g/mol. The van der Waals surface area contributed by atoms with Crippen molar-refractivity contribution in [3.63, 3.8) is 0 Å². The zero-order valence-electron chi connectivity index (χ0n) is 15.4. The Balaban J connectivity index is 1.63. The zero-order valence-corrected chi connectivity index (χ0v) is 16.1. The lowest BCUT2D eigenvalue weighted by atomic mass is 10.1. The van der Waals surface area contributed by atoms with Crippen LogP contribution in [0.15, 0.2) is 66.7 Å². The van der Waals surface area contributed by atoms with E-state index in [1.807, 2.05) is 0 Å². The standard InChI is InChI=1S/C22H17ClF2N2O2/c1-13(26-22(29)19-11-8-17(25)12-20(19)23)14-4-9-18(10-5-14)27-21(28)15-2-6-16(24)7-3-15/h2-13H,1H3,(H,26,29)(H,27,28). The molecular weight excluding hydrogens is 398 g/mol. The van der Waals surface area contributed by atoms with E-state index in [1.165, 1.54) is 36.4 Å². The summed E-state index contributed by atoms with van der Waals surface area (Å²) >= 11 is 5.92. The van der Waals surface area contributed by atoms with Gasteiger partial charge in [0.25, 0.3) is 11.8 Å². The normalized spacial score (nSPS) is 11.6. The van der Waals surface area contributed by atoms with Crippen LogP contribution in [-0.2, 0) is 0 Å². The quantitative estimate of drug-likeness (QED) is 0.590. The van der Waals surface area contributed by atoms with Gasteiger partial charge in [-0.3, -0.25) is 9.59 Å². The van der Waals surface area contributed by atoms with Crippen LogP contribution in [-0.4, -0.2) is 11.8 Å². The second kappa shape index (κ2) is 8.84. The molecule has 3 aromatic rings. The molecule has 148 valence electrons. The summed E-state index contributed by atoms with van der Waals surface area (Å²) in [4.78, 5) is 24.5. The first-order valence-corrected chi connectivity index (χ1v) is 9.14. The summed E-state index contributed by atoms with van der Waals surface area (Å²) in [7, 11) is 0. The average Bonchev–Trinajstić information content (AvgIpc) is 2.68. The van der Waals surface area contributed by atoms with Gasteiger partial charge < -0.3 is 10.6 Å². The minimum Gasteiger partial charge on any atom is -0.345 e. The fourth-order valence-corrected chi connectivity index (χ4v) is 2.94. The van der Waals surface area contributed by atoms with Crippen molar-refractivity contribution in [2.75, 3.05) is 5.32 Å². The van der Waals surface area contributed by atoms with E-state index < -0.39 is 17.5 Å². The molecule has 7 heteroatoms. The first kappa shape index (κ1) is 20.5. The molecule has 0 heterocycles. The highest BCUT2D eigenvalue weighted by atomic mass is 35.5. The van der Waals surface area contributed by atoms with Gasteiger partial charge >= 0.3 is 0 Å². The predicted molar refractivity (Wildman–Crippen MR) is 108 cm³/mol. The minimum atomic E-state index is -0.516. The van der Waals surface area contributed by atoms with Crippen molar-refractivity contribution in [2.45, 2.75) is 13.0 Å². The van der Waals surface area contributed by atoms with Crippen LogP contribution in [0.1, 0.15) is 39.2 Å². The Morgan fingerprint density at radius 2 is 1.48 bits per heavy atom. The van der Waals surface area contributed by atoms with Gasteiger partial charge in [-0.2, -0.15) is 0 Å². The van der Waals surface area contributed by atoms with Gasteiger partial charge in [0.2, 0.25) is 0 Å². The van der Waals surface area contributed by atoms with Crippen LogP contribution in [0.2, 0.25) is 5.02 Å². The van der Waals surface area contributed by atoms with Crippen molar-refractivity contribution in [3.05, 3.63) is 100 Å². The number of carbonyl (C=O) groups excluding carboxylic acids is 2. The van der Waals surface area contributed by atoms with Crippen LogP contribution < -0.4 is 10.6 Å². The molecule has 1 atom stereocenters. The molecule has 0 aliphatic heterocycles. The van der Waals surface area contributed by atoms with Crippen LogP contribution in [0.3, 0.4) is 0 Å². The number of amides is 2. The topological polar surface area (TPSA) is 58.2 Å². The maximum absolute atomic E-state index is 13.1. The van der Waals surface area contributed by atoms with Crippen molar-refractivity contribution in [1.82, 2.24) is 5.32 Å². The van der Waals surface area contributed by atoms with Crippen LogP contribution in [0.5, 0.6) is 0 Å². The number of anilines is 1. The summed E-state index contributed by atoms with van der Waals surface area (Å²) in [6.45, 7) is 1.79. The smallest absolute Gasteiger partial charge is 0.255 e. The lowest BCUT2D eigenvalue weighted by Crippen LogP contribution is -2.27.